The number of benzene rings is 2. The van der Waals surface area contributed by atoms with Gasteiger partial charge in [-0.2, -0.15) is 13.2 Å². The van der Waals surface area contributed by atoms with Crippen molar-refractivity contribution >= 4 is 22.6 Å². The molecule has 25 heavy (non-hydrogen) atoms. The predicted molar refractivity (Wildman–Crippen MR) is 84.5 cm³/mol. The third-order valence-electron chi connectivity index (χ3n) is 3.67. The minimum atomic E-state index is -4.69. The summed E-state index contributed by atoms with van der Waals surface area (Å²) in [6, 6.07) is 9.81. The number of nitrogens with zero attached hydrogens (tertiary/aromatic N) is 2. The maximum absolute atomic E-state index is 13.2. The number of aromatic nitrogens is 2. The molecule has 0 unspecified atom stereocenters. The van der Waals surface area contributed by atoms with Gasteiger partial charge in [0.1, 0.15) is 12.4 Å². The molecule has 8 heteroatoms. The van der Waals surface area contributed by atoms with Crippen LogP contribution in [0.3, 0.4) is 0 Å². The molecule has 0 aliphatic heterocycles. The number of para-hydroxylation sites is 2. The molecule has 2 aromatic carbocycles. The van der Waals surface area contributed by atoms with Gasteiger partial charge in [0.15, 0.2) is 0 Å². The van der Waals surface area contributed by atoms with Gasteiger partial charge in [-0.25, -0.2) is 9.37 Å². The summed E-state index contributed by atoms with van der Waals surface area (Å²) < 4.78 is 53.6. The second-order valence-electron chi connectivity index (χ2n) is 5.52. The number of fused-ring (bicyclic) bond motifs is 1. The van der Waals surface area contributed by atoms with Gasteiger partial charge in [-0.05, 0) is 42.8 Å². The van der Waals surface area contributed by atoms with Crippen LogP contribution < -0.4 is 5.32 Å². The van der Waals surface area contributed by atoms with E-state index in [1.807, 2.05) is 0 Å². The van der Waals surface area contributed by atoms with Crippen LogP contribution in [0.15, 0.2) is 42.5 Å². The van der Waals surface area contributed by atoms with Crippen molar-refractivity contribution in [3.8, 4) is 0 Å². The zero-order valence-electron chi connectivity index (χ0n) is 13.1. The van der Waals surface area contributed by atoms with E-state index in [0.29, 0.717) is 11.3 Å². The topological polar surface area (TPSA) is 46.9 Å². The number of carbonyl (C=O) groups excluding carboxylic acids is 1. The second kappa shape index (κ2) is 6.19. The van der Waals surface area contributed by atoms with E-state index >= 15 is 0 Å². The Morgan fingerprint density at radius 3 is 2.60 bits per heavy atom. The summed E-state index contributed by atoms with van der Waals surface area (Å²) in [6.07, 6.45) is -4.69. The molecule has 3 aromatic rings. The van der Waals surface area contributed by atoms with Crippen molar-refractivity contribution in [2.24, 2.45) is 0 Å². The molecule has 0 atom stereocenters. The molecule has 0 fully saturated rings. The normalized spacial score (nSPS) is 11.7. The number of anilines is 1. The van der Waals surface area contributed by atoms with Crippen LogP contribution in [0.25, 0.3) is 11.0 Å². The van der Waals surface area contributed by atoms with Gasteiger partial charge in [0.05, 0.1) is 11.0 Å². The van der Waals surface area contributed by atoms with Crippen LogP contribution in [0.1, 0.15) is 11.4 Å². The number of imidazole rings is 1. The van der Waals surface area contributed by atoms with Gasteiger partial charge in [0.2, 0.25) is 11.7 Å². The van der Waals surface area contributed by atoms with Crippen molar-refractivity contribution in [3.05, 3.63) is 59.7 Å². The van der Waals surface area contributed by atoms with Gasteiger partial charge in [0.25, 0.3) is 0 Å². The first kappa shape index (κ1) is 16.9. The van der Waals surface area contributed by atoms with Gasteiger partial charge >= 0.3 is 6.18 Å². The first-order valence-electron chi connectivity index (χ1n) is 7.34. The average Bonchev–Trinajstić information content (AvgIpc) is 2.89. The van der Waals surface area contributed by atoms with Crippen molar-refractivity contribution < 1.29 is 22.4 Å². The molecule has 0 bridgehead atoms. The SMILES string of the molecule is Cc1cc(F)ccc1NC(=O)Cn1c(C(F)(F)F)nc2ccccc21. The van der Waals surface area contributed by atoms with Gasteiger partial charge in [0, 0.05) is 5.69 Å². The number of aryl methyl sites for hydroxylation is 1. The molecule has 1 N–H and O–H groups in total. The molecule has 4 nitrogen and oxygen atoms in total. The van der Waals surface area contributed by atoms with Gasteiger partial charge in [-0.3, -0.25) is 4.79 Å². The molecular formula is C17H13F4N3O. The molecule has 1 heterocycles. The van der Waals surface area contributed by atoms with Crippen LogP contribution in [0.5, 0.6) is 0 Å². The van der Waals surface area contributed by atoms with Crippen LogP contribution >= 0.6 is 0 Å². The Labute approximate surface area is 140 Å². The zero-order chi connectivity index (χ0) is 18.2. The Kier molecular flexibility index (Phi) is 4.20. The fourth-order valence-corrected chi connectivity index (χ4v) is 2.55. The van der Waals surface area contributed by atoms with Crippen molar-refractivity contribution in [1.29, 1.82) is 0 Å². The fraction of sp³-hybridized carbons (Fsp3) is 0.176. The number of rotatable bonds is 3. The van der Waals surface area contributed by atoms with Crippen molar-refractivity contribution in [2.45, 2.75) is 19.6 Å². The minimum absolute atomic E-state index is 0.153. The van der Waals surface area contributed by atoms with E-state index in [1.54, 1.807) is 19.1 Å². The Bertz CT molecular complexity index is 947. The highest BCUT2D eigenvalue weighted by atomic mass is 19.4. The van der Waals surface area contributed by atoms with Gasteiger partial charge in [-0.1, -0.05) is 12.1 Å². The summed E-state index contributed by atoms with van der Waals surface area (Å²) in [7, 11) is 0. The molecule has 0 aliphatic carbocycles. The monoisotopic (exact) mass is 351 g/mol. The molecule has 0 saturated heterocycles. The Morgan fingerprint density at radius 1 is 1.20 bits per heavy atom. The van der Waals surface area contributed by atoms with E-state index in [2.05, 4.69) is 10.3 Å². The molecule has 0 saturated carbocycles. The largest absolute Gasteiger partial charge is 0.449 e. The first-order chi connectivity index (χ1) is 11.8. The van der Waals surface area contributed by atoms with Crippen molar-refractivity contribution in [2.75, 3.05) is 5.32 Å². The summed E-state index contributed by atoms with van der Waals surface area (Å²) >= 11 is 0. The summed E-state index contributed by atoms with van der Waals surface area (Å²) in [6.45, 7) is 1.03. The summed E-state index contributed by atoms with van der Waals surface area (Å²) in [5.74, 6) is -2.27. The van der Waals surface area contributed by atoms with E-state index in [9.17, 15) is 22.4 Å². The lowest BCUT2D eigenvalue weighted by Gasteiger charge is -2.12. The third-order valence-corrected chi connectivity index (χ3v) is 3.67. The van der Waals surface area contributed by atoms with Crippen LogP contribution in [0, 0.1) is 12.7 Å². The van der Waals surface area contributed by atoms with Crippen molar-refractivity contribution in [1.82, 2.24) is 9.55 Å². The number of amides is 1. The lowest BCUT2D eigenvalue weighted by molar-refractivity contribution is -0.147. The van der Waals surface area contributed by atoms with E-state index < -0.39 is 30.3 Å². The van der Waals surface area contributed by atoms with Crippen LogP contribution in [-0.4, -0.2) is 15.5 Å². The first-order valence-corrected chi connectivity index (χ1v) is 7.34. The molecule has 1 amide bonds. The number of halogens is 4. The zero-order valence-corrected chi connectivity index (χ0v) is 13.1. The molecule has 130 valence electrons. The number of hydrogen-bond acceptors (Lipinski definition) is 2. The summed E-state index contributed by atoms with van der Waals surface area (Å²) in [5, 5.41) is 2.50. The van der Waals surface area contributed by atoms with Crippen LogP contribution in [-0.2, 0) is 17.5 Å². The van der Waals surface area contributed by atoms with Gasteiger partial charge < -0.3 is 9.88 Å². The van der Waals surface area contributed by atoms with E-state index in [4.69, 9.17) is 0 Å². The van der Waals surface area contributed by atoms with E-state index in [-0.39, 0.29) is 11.0 Å². The van der Waals surface area contributed by atoms with Crippen LogP contribution in [0.2, 0.25) is 0 Å². The van der Waals surface area contributed by atoms with E-state index in [1.165, 1.54) is 24.3 Å². The van der Waals surface area contributed by atoms with Crippen LogP contribution in [0.4, 0.5) is 23.2 Å². The summed E-state index contributed by atoms with van der Waals surface area (Å²) in [5.41, 5.74) is 1.17. The van der Waals surface area contributed by atoms with Crippen molar-refractivity contribution in [3.63, 3.8) is 0 Å². The second-order valence-corrected chi connectivity index (χ2v) is 5.52. The standard InChI is InChI=1S/C17H13F4N3O/c1-10-8-11(18)6-7-12(10)22-15(25)9-24-14-5-3-2-4-13(14)23-16(24)17(19,20)21/h2-8H,9H2,1H3,(H,22,25). The number of alkyl halides is 3. The Balaban J connectivity index is 1.93. The molecule has 0 radical (unpaired) electrons. The smallest absolute Gasteiger partial charge is 0.324 e. The maximum Gasteiger partial charge on any atom is 0.449 e. The minimum Gasteiger partial charge on any atom is -0.324 e. The highest BCUT2D eigenvalue weighted by Gasteiger charge is 2.38. The Morgan fingerprint density at radius 2 is 1.92 bits per heavy atom. The molecule has 0 aliphatic rings. The van der Waals surface area contributed by atoms with Gasteiger partial charge in [-0.15, -0.1) is 0 Å². The quantitative estimate of drug-likeness (QED) is 0.721. The third kappa shape index (κ3) is 3.47. The maximum atomic E-state index is 13.2. The molecular weight excluding hydrogens is 338 g/mol. The highest BCUT2D eigenvalue weighted by molar-refractivity contribution is 5.92. The molecule has 1 aromatic heterocycles. The number of carbonyl (C=O) groups is 1. The molecule has 3 rings (SSSR count). The lowest BCUT2D eigenvalue weighted by Crippen LogP contribution is -2.23. The predicted octanol–water partition coefficient (Wildman–Crippen LogP) is 4.14. The lowest BCUT2D eigenvalue weighted by atomic mass is 10.2. The molecule has 0 spiro atoms. The van der Waals surface area contributed by atoms with E-state index in [0.717, 1.165) is 10.6 Å². The fourth-order valence-electron chi connectivity index (χ4n) is 2.55. The summed E-state index contributed by atoms with van der Waals surface area (Å²) in [4.78, 5) is 15.8. The number of hydrogen-bond donors (Lipinski definition) is 1. The Hall–Kier alpha value is -2.90. The average molecular weight is 351 g/mol. The highest BCUT2D eigenvalue weighted by Crippen LogP contribution is 2.31. The number of nitrogens with one attached hydrogen (secondary N) is 1.